The summed E-state index contributed by atoms with van der Waals surface area (Å²) in [5.74, 6) is -0.378. The number of nitrogens with zero attached hydrogens (tertiary/aromatic N) is 2. The van der Waals surface area contributed by atoms with Gasteiger partial charge in [0, 0.05) is 19.6 Å². The Morgan fingerprint density at radius 2 is 2.00 bits per heavy atom. The molecule has 1 fully saturated rings. The molecule has 24 heavy (non-hydrogen) atoms. The largest absolute Gasteiger partial charge is 0.389 e. The topological polar surface area (TPSA) is 55.8 Å². The number of anilines is 2. The lowest BCUT2D eigenvalue weighted by Crippen LogP contribution is -2.44. The second kappa shape index (κ2) is 7.83. The first kappa shape index (κ1) is 18.5. The first-order valence-corrected chi connectivity index (χ1v) is 8.63. The van der Waals surface area contributed by atoms with Gasteiger partial charge in [-0.3, -0.25) is 0 Å². The number of aliphatic hydroxyl groups is 1. The molecule has 0 saturated carbocycles. The molecule has 2 rings (SSSR count). The van der Waals surface area contributed by atoms with E-state index in [2.05, 4.69) is 10.2 Å². The van der Waals surface area contributed by atoms with Gasteiger partial charge in [-0.25, -0.2) is 9.18 Å². The lowest BCUT2D eigenvalue weighted by Gasteiger charge is -2.32. The Morgan fingerprint density at radius 1 is 1.33 bits per heavy atom. The van der Waals surface area contributed by atoms with Crippen molar-refractivity contribution in [3.63, 3.8) is 0 Å². The summed E-state index contributed by atoms with van der Waals surface area (Å²) >= 11 is 0. The Labute approximate surface area is 143 Å². The third kappa shape index (κ3) is 5.09. The highest BCUT2D eigenvalue weighted by atomic mass is 19.1. The average Bonchev–Trinajstić information content (AvgIpc) is 2.52. The van der Waals surface area contributed by atoms with E-state index in [1.54, 1.807) is 19.9 Å². The van der Waals surface area contributed by atoms with Gasteiger partial charge in [0.1, 0.15) is 5.82 Å². The number of urea groups is 1. The molecule has 0 aromatic heterocycles. The predicted octanol–water partition coefficient (Wildman–Crippen LogP) is 3.44. The standard InChI is InChI=1S/C18H28FN3O2/c1-4-21(13-18(2,3)24)17(23)20-15-12-14(19)8-9-16(15)22-10-6-5-7-11-22/h8-9,12,24H,4-7,10-11,13H2,1-3H3,(H,20,23). The van der Waals surface area contributed by atoms with Crippen molar-refractivity contribution in [1.82, 2.24) is 4.90 Å². The first-order chi connectivity index (χ1) is 11.3. The fourth-order valence-corrected chi connectivity index (χ4v) is 3.01. The van der Waals surface area contributed by atoms with Crippen LogP contribution in [-0.4, -0.2) is 47.8 Å². The van der Waals surface area contributed by atoms with Crippen LogP contribution in [0, 0.1) is 5.82 Å². The fraction of sp³-hybridized carbons (Fsp3) is 0.611. The molecule has 5 nitrogen and oxygen atoms in total. The van der Waals surface area contributed by atoms with Gasteiger partial charge in [0.15, 0.2) is 0 Å². The van der Waals surface area contributed by atoms with Gasteiger partial charge in [0.05, 0.1) is 23.5 Å². The summed E-state index contributed by atoms with van der Waals surface area (Å²) in [6.45, 7) is 7.66. The summed E-state index contributed by atoms with van der Waals surface area (Å²) < 4.78 is 13.7. The molecule has 0 bridgehead atoms. The zero-order valence-corrected chi connectivity index (χ0v) is 14.8. The number of nitrogens with one attached hydrogen (secondary N) is 1. The number of amides is 2. The second-order valence-corrected chi connectivity index (χ2v) is 6.97. The molecule has 2 N–H and O–H groups in total. The Bertz CT molecular complexity index is 566. The molecule has 0 atom stereocenters. The number of piperidine rings is 1. The molecule has 0 aliphatic carbocycles. The molecule has 1 saturated heterocycles. The van der Waals surface area contributed by atoms with E-state index < -0.39 is 5.60 Å². The highest BCUT2D eigenvalue weighted by molar-refractivity contribution is 5.93. The quantitative estimate of drug-likeness (QED) is 0.865. The van der Waals surface area contributed by atoms with Gasteiger partial charge in [0.2, 0.25) is 0 Å². The fourth-order valence-electron chi connectivity index (χ4n) is 3.01. The zero-order chi connectivity index (χ0) is 17.7. The number of hydrogen-bond donors (Lipinski definition) is 2. The van der Waals surface area contributed by atoms with Crippen molar-refractivity contribution in [2.45, 2.75) is 45.6 Å². The lowest BCUT2D eigenvalue weighted by atomic mass is 10.1. The van der Waals surface area contributed by atoms with Crippen LogP contribution in [-0.2, 0) is 0 Å². The van der Waals surface area contributed by atoms with E-state index in [0.29, 0.717) is 12.2 Å². The second-order valence-electron chi connectivity index (χ2n) is 6.97. The van der Waals surface area contributed by atoms with Gasteiger partial charge in [0.25, 0.3) is 0 Å². The summed E-state index contributed by atoms with van der Waals surface area (Å²) in [6.07, 6.45) is 3.41. The number of benzene rings is 1. The minimum atomic E-state index is -0.981. The summed E-state index contributed by atoms with van der Waals surface area (Å²) in [7, 11) is 0. The Kier molecular flexibility index (Phi) is 6.04. The van der Waals surface area contributed by atoms with E-state index in [-0.39, 0.29) is 18.4 Å². The van der Waals surface area contributed by atoms with Crippen molar-refractivity contribution in [3.05, 3.63) is 24.0 Å². The van der Waals surface area contributed by atoms with E-state index in [1.807, 2.05) is 6.92 Å². The van der Waals surface area contributed by atoms with E-state index >= 15 is 0 Å². The monoisotopic (exact) mass is 337 g/mol. The number of halogens is 1. The van der Waals surface area contributed by atoms with Crippen LogP contribution in [0.2, 0.25) is 0 Å². The molecule has 1 aromatic rings. The number of likely N-dealkylation sites (N-methyl/N-ethyl adjacent to an activating group) is 1. The third-order valence-electron chi connectivity index (χ3n) is 4.14. The minimum Gasteiger partial charge on any atom is -0.389 e. The summed E-state index contributed by atoms with van der Waals surface area (Å²) in [5.41, 5.74) is 0.352. The van der Waals surface area contributed by atoms with E-state index in [0.717, 1.165) is 31.6 Å². The van der Waals surface area contributed by atoms with Crippen LogP contribution in [0.5, 0.6) is 0 Å². The van der Waals surface area contributed by atoms with E-state index in [1.165, 1.54) is 23.5 Å². The molecular weight excluding hydrogens is 309 g/mol. The van der Waals surface area contributed by atoms with Crippen molar-refractivity contribution < 1.29 is 14.3 Å². The molecule has 1 aromatic carbocycles. The number of rotatable bonds is 5. The van der Waals surface area contributed by atoms with Gasteiger partial charge >= 0.3 is 6.03 Å². The van der Waals surface area contributed by atoms with E-state index in [4.69, 9.17) is 0 Å². The molecule has 134 valence electrons. The van der Waals surface area contributed by atoms with Gasteiger partial charge in [-0.2, -0.15) is 0 Å². The molecule has 0 unspecified atom stereocenters. The van der Waals surface area contributed by atoms with Crippen molar-refractivity contribution >= 4 is 17.4 Å². The molecule has 6 heteroatoms. The SMILES string of the molecule is CCN(CC(C)(C)O)C(=O)Nc1cc(F)ccc1N1CCCCC1. The van der Waals surface area contributed by atoms with Gasteiger partial charge in [-0.15, -0.1) is 0 Å². The van der Waals surface area contributed by atoms with Gasteiger partial charge in [-0.05, 0) is 58.2 Å². The average molecular weight is 337 g/mol. The molecule has 2 amide bonds. The highest BCUT2D eigenvalue weighted by Gasteiger charge is 2.23. The zero-order valence-electron chi connectivity index (χ0n) is 14.8. The van der Waals surface area contributed by atoms with Crippen molar-refractivity contribution in [1.29, 1.82) is 0 Å². The molecule has 0 spiro atoms. The Morgan fingerprint density at radius 3 is 2.58 bits per heavy atom. The smallest absolute Gasteiger partial charge is 0.321 e. The first-order valence-electron chi connectivity index (χ1n) is 8.63. The Hall–Kier alpha value is -1.82. The molecule has 0 radical (unpaired) electrons. The number of carbonyl (C=O) groups excluding carboxylic acids is 1. The van der Waals surface area contributed by atoms with Crippen LogP contribution in [0.1, 0.15) is 40.0 Å². The van der Waals surface area contributed by atoms with Crippen LogP contribution in [0.25, 0.3) is 0 Å². The highest BCUT2D eigenvalue weighted by Crippen LogP contribution is 2.29. The van der Waals surface area contributed by atoms with Gasteiger partial charge < -0.3 is 20.2 Å². The van der Waals surface area contributed by atoms with Gasteiger partial charge in [-0.1, -0.05) is 0 Å². The van der Waals surface area contributed by atoms with Crippen LogP contribution < -0.4 is 10.2 Å². The Balaban J connectivity index is 2.18. The maximum Gasteiger partial charge on any atom is 0.321 e. The normalized spacial score (nSPS) is 15.3. The molecule has 1 aliphatic rings. The predicted molar refractivity (Wildman–Crippen MR) is 95.0 cm³/mol. The van der Waals surface area contributed by atoms with Crippen molar-refractivity contribution in [2.75, 3.05) is 36.4 Å². The molecule has 1 aliphatic heterocycles. The summed E-state index contributed by atoms with van der Waals surface area (Å²) in [5, 5.41) is 12.8. The van der Waals surface area contributed by atoms with Crippen molar-refractivity contribution in [2.24, 2.45) is 0 Å². The van der Waals surface area contributed by atoms with Crippen LogP contribution in [0.15, 0.2) is 18.2 Å². The van der Waals surface area contributed by atoms with Crippen LogP contribution in [0.4, 0.5) is 20.6 Å². The minimum absolute atomic E-state index is 0.212. The number of carbonyl (C=O) groups is 1. The van der Waals surface area contributed by atoms with Crippen molar-refractivity contribution in [3.8, 4) is 0 Å². The lowest BCUT2D eigenvalue weighted by molar-refractivity contribution is 0.0501. The van der Waals surface area contributed by atoms with Crippen LogP contribution in [0.3, 0.4) is 0 Å². The maximum absolute atomic E-state index is 13.7. The van der Waals surface area contributed by atoms with E-state index in [9.17, 15) is 14.3 Å². The van der Waals surface area contributed by atoms with Crippen LogP contribution >= 0.6 is 0 Å². The third-order valence-corrected chi connectivity index (χ3v) is 4.14. The number of hydrogen-bond acceptors (Lipinski definition) is 3. The maximum atomic E-state index is 13.7. The molecular formula is C18H28FN3O2. The summed E-state index contributed by atoms with van der Waals surface area (Å²) in [4.78, 5) is 16.2. The summed E-state index contributed by atoms with van der Waals surface area (Å²) in [6, 6.07) is 4.18. The molecule has 1 heterocycles.